The van der Waals surface area contributed by atoms with Crippen LogP contribution in [-0.4, -0.2) is 29.7 Å². The molecule has 0 radical (unpaired) electrons. The number of hydrogen-bond acceptors (Lipinski definition) is 3. The second kappa shape index (κ2) is 4.54. The first kappa shape index (κ1) is 9.63. The summed E-state index contributed by atoms with van der Waals surface area (Å²) in [5.41, 5.74) is 0. The van der Waals surface area contributed by atoms with E-state index in [9.17, 15) is 0 Å². The highest BCUT2D eigenvalue weighted by Crippen LogP contribution is 2.02. The maximum absolute atomic E-state index is 5.24. The van der Waals surface area contributed by atoms with E-state index in [1.807, 2.05) is 4.57 Å². The van der Waals surface area contributed by atoms with Crippen molar-refractivity contribution < 1.29 is 31.0 Å². The lowest BCUT2D eigenvalue weighted by molar-refractivity contribution is -0.709. The fourth-order valence-corrected chi connectivity index (χ4v) is 1.03. The number of nitrogens with zero attached hydrogens (tertiary/aromatic N) is 2. The third kappa shape index (κ3) is 2.26. The maximum atomic E-state index is 5.24. The van der Waals surface area contributed by atoms with Crippen LogP contribution in [-0.2, 0) is 16.0 Å². The molecule has 1 fully saturated rings. The first-order chi connectivity index (χ1) is 5.45. The van der Waals surface area contributed by atoms with Crippen molar-refractivity contribution in [3.05, 3.63) is 12.7 Å². The predicted molar refractivity (Wildman–Crippen MR) is 34.5 cm³/mol. The topological polar surface area (TPSA) is 51.0 Å². The molecule has 0 aromatic carbocycles. The fourth-order valence-electron chi connectivity index (χ4n) is 1.03. The zero-order valence-corrected chi connectivity index (χ0v) is 8.03. The standard InChI is InChI=1S/C6H9N3O2.BrH/c1-2-11-6(10-1)3-9-4-7-8-5-9;/h4-6H,1-3H2;1H. The minimum atomic E-state index is -0.0994. The Balaban J connectivity index is 0.000000720. The molecule has 1 N–H and O–H groups in total. The zero-order chi connectivity index (χ0) is 7.52. The lowest BCUT2D eigenvalue weighted by atomic mass is 10.6. The summed E-state index contributed by atoms with van der Waals surface area (Å²) in [6.45, 7) is 2.10. The molecule has 1 saturated heterocycles. The summed E-state index contributed by atoms with van der Waals surface area (Å²) in [5, 5.41) is 6.50. The van der Waals surface area contributed by atoms with E-state index in [1.165, 1.54) is 0 Å². The van der Waals surface area contributed by atoms with Crippen molar-refractivity contribution in [1.82, 2.24) is 10.2 Å². The second-order valence-electron chi connectivity index (χ2n) is 2.37. The van der Waals surface area contributed by atoms with Crippen LogP contribution in [0.5, 0.6) is 0 Å². The van der Waals surface area contributed by atoms with Crippen LogP contribution < -0.4 is 21.5 Å². The summed E-state index contributed by atoms with van der Waals surface area (Å²) in [7, 11) is 0. The normalized spacial score (nSPS) is 17.7. The quantitative estimate of drug-likeness (QED) is 0.534. The number of aromatic amines is 1. The summed E-state index contributed by atoms with van der Waals surface area (Å²) in [4.78, 5) is 0. The smallest absolute Gasteiger partial charge is 0.265 e. The van der Waals surface area contributed by atoms with Crippen LogP contribution in [0.15, 0.2) is 12.7 Å². The third-order valence-corrected chi connectivity index (χ3v) is 1.55. The number of rotatable bonds is 2. The first-order valence-corrected chi connectivity index (χ1v) is 3.56. The van der Waals surface area contributed by atoms with Gasteiger partial charge in [-0.1, -0.05) is 0 Å². The average Bonchev–Trinajstić information content (AvgIpc) is 2.60. The summed E-state index contributed by atoms with van der Waals surface area (Å²) in [5.74, 6) is 0. The molecular weight excluding hydrogens is 226 g/mol. The van der Waals surface area contributed by atoms with Crippen LogP contribution in [0.3, 0.4) is 0 Å². The highest BCUT2D eigenvalue weighted by atomic mass is 79.9. The van der Waals surface area contributed by atoms with Crippen molar-refractivity contribution in [3.63, 3.8) is 0 Å². The van der Waals surface area contributed by atoms with Crippen LogP contribution in [0.2, 0.25) is 0 Å². The Morgan fingerprint density at radius 3 is 2.83 bits per heavy atom. The SMILES string of the molecule is [Br-].c1n[nH]c[n+]1CC1OCCO1. The molecule has 2 heterocycles. The van der Waals surface area contributed by atoms with Gasteiger partial charge in [0.1, 0.15) is 6.54 Å². The molecule has 0 amide bonds. The van der Waals surface area contributed by atoms with Crippen molar-refractivity contribution in [2.45, 2.75) is 12.8 Å². The number of aromatic nitrogens is 3. The Labute approximate surface area is 80.5 Å². The van der Waals surface area contributed by atoms with E-state index in [0.29, 0.717) is 19.8 Å². The fraction of sp³-hybridized carbons (Fsp3) is 0.667. The highest BCUT2D eigenvalue weighted by Gasteiger charge is 2.17. The van der Waals surface area contributed by atoms with Gasteiger partial charge in [0.25, 0.3) is 6.33 Å². The minimum absolute atomic E-state index is 0. The van der Waals surface area contributed by atoms with E-state index in [4.69, 9.17) is 9.47 Å². The van der Waals surface area contributed by atoms with Crippen LogP contribution >= 0.6 is 0 Å². The van der Waals surface area contributed by atoms with Gasteiger partial charge in [0.15, 0.2) is 6.29 Å². The number of H-pyrrole nitrogens is 1. The van der Waals surface area contributed by atoms with Gasteiger partial charge in [0.2, 0.25) is 6.33 Å². The number of hydrogen-bond donors (Lipinski definition) is 1. The first-order valence-electron chi connectivity index (χ1n) is 3.56. The van der Waals surface area contributed by atoms with E-state index < -0.39 is 0 Å². The Morgan fingerprint density at radius 2 is 2.25 bits per heavy atom. The summed E-state index contributed by atoms with van der Waals surface area (Å²) in [6, 6.07) is 0. The van der Waals surface area contributed by atoms with Gasteiger partial charge in [-0.05, 0) is 0 Å². The average molecular weight is 236 g/mol. The van der Waals surface area contributed by atoms with E-state index in [2.05, 4.69) is 10.2 Å². The molecule has 6 heteroatoms. The van der Waals surface area contributed by atoms with Crippen molar-refractivity contribution >= 4 is 0 Å². The molecular formula is C6H10BrN3O2. The minimum Gasteiger partial charge on any atom is -1.00 e. The van der Waals surface area contributed by atoms with Crippen LogP contribution in [0.1, 0.15) is 0 Å². The largest absolute Gasteiger partial charge is 1.00 e. The second-order valence-corrected chi connectivity index (χ2v) is 2.37. The molecule has 68 valence electrons. The molecule has 1 aromatic heterocycles. The van der Waals surface area contributed by atoms with E-state index >= 15 is 0 Å². The van der Waals surface area contributed by atoms with Crippen molar-refractivity contribution in [1.29, 1.82) is 0 Å². The van der Waals surface area contributed by atoms with E-state index in [0.717, 1.165) is 0 Å². The number of ether oxygens (including phenoxy) is 2. The van der Waals surface area contributed by atoms with Crippen LogP contribution in [0.25, 0.3) is 0 Å². The van der Waals surface area contributed by atoms with E-state index in [1.54, 1.807) is 12.7 Å². The number of nitrogens with one attached hydrogen (secondary N) is 1. The van der Waals surface area contributed by atoms with Gasteiger partial charge in [0.05, 0.1) is 13.2 Å². The molecule has 0 atom stereocenters. The van der Waals surface area contributed by atoms with Crippen molar-refractivity contribution in [3.8, 4) is 0 Å². The van der Waals surface area contributed by atoms with Crippen LogP contribution in [0, 0.1) is 0 Å². The van der Waals surface area contributed by atoms with Gasteiger partial charge in [-0.25, -0.2) is 4.57 Å². The Morgan fingerprint density at radius 1 is 1.50 bits per heavy atom. The molecule has 5 nitrogen and oxygen atoms in total. The Bertz CT molecular complexity index is 211. The summed E-state index contributed by atoms with van der Waals surface area (Å²) >= 11 is 0. The van der Waals surface area contributed by atoms with Crippen molar-refractivity contribution in [2.75, 3.05) is 13.2 Å². The van der Waals surface area contributed by atoms with Crippen molar-refractivity contribution in [2.24, 2.45) is 0 Å². The van der Waals surface area contributed by atoms with Gasteiger partial charge >= 0.3 is 0 Å². The molecule has 0 aliphatic carbocycles. The zero-order valence-electron chi connectivity index (χ0n) is 6.44. The molecule has 0 saturated carbocycles. The third-order valence-electron chi connectivity index (χ3n) is 1.55. The lowest BCUT2D eigenvalue weighted by Crippen LogP contribution is -3.00. The number of halogens is 1. The van der Waals surface area contributed by atoms with Gasteiger partial charge < -0.3 is 26.5 Å². The Kier molecular flexibility index (Phi) is 3.64. The summed E-state index contributed by atoms with van der Waals surface area (Å²) < 4.78 is 12.4. The lowest BCUT2D eigenvalue weighted by Gasteiger charge is -2.04. The molecule has 12 heavy (non-hydrogen) atoms. The van der Waals surface area contributed by atoms with Gasteiger partial charge in [-0.2, -0.15) is 0 Å². The molecule has 1 aliphatic rings. The van der Waals surface area contributed by atoms with Gasteiger partial charge in [-0.15, -0.1) is 5.10 Å². The monoisotopic (exact) mass is 235 g/mol. The van der Waals surface area contributed by atoms with E-state index in [-0.39, 0.29) is 23.3 Å². The molecule has 2 rings (SSSR count). The maximum Gasteiger partial charge on any atom is 0.265 e. The molecule has 1 aromatic rings. The predicted octanol–water partition coefficient (Wildman–Crippen LogP) is -3.93. The van der Waals surface area contributed by atoms with Crippen LogP contribution in [0.4, 0.5) is 0 Å². The summed E-state index contributed by atoms with van der Waals surface area (Å²) in [6.07, 6.45) is 3.37. The Hall–Kier alpha value is -0.460. The van der Waals surface area contributed by atoms with Gasteiger partial charge in [0, 0.05) is 5.10 Å². The molecule has 1 aliphatic heterocycles. The molecule has 0 bridgehead atoms. The highest BCUT2D eigenvalue weighted by molar-refractivity contribution is 4.45. The molecule has 0 unspecified atom stereocenters. The van der Waals surface area contributed by atoms with Gasteiger partial charge in [-0.3, -0.25) is 0 Å². The molecule has 0 spiro atoms.